The maximum Gasteiger partial charge on any atom is 0.231 e. The van der Waals surface area contributed by atoms with Crippen molar-refractivity contribution in [1.82, 2.24) is 14.9 Å². The first kappa shape index (κ1) is 14.9. The number of fused-ring (bicyclic) bond motifs is 1. The van der Waals surface area contributed by atoms with Gasteiger partial charge >= 0.3 is 0 Å². The Hall–Kier alpha value is -1.71. The molecule has 120 valence electrons. The molecule has 0 spiro atoms. The molecular weight excluding hydrogens is 384 g/mol. The molecule has 0 unspecified atom stereocenters. The molecule has 7 nitrogen and oxygen atoms in total. The lowest BCUT2D eigenvalue weighted by Crippen LogP contribution is -2.05. The molecular formula is C14H13BrN4O3S. The van der Waals surface area contributed by atoms with E-state index in [2.05, 4.69) is 31.2 Å². The van der Waals surface area contributed by atoms with Gasteiger partial charge in [-0.15, -0.1) is 0 Å². The summed E-state index contributed by atoms with van der Waals surface area (Å²) in [5.74, 6) is 2.10. The molecule has 1 N–H and O–H groups in total. The predicted octanol–water partition coefficient (Wildman–Crippen LogP) is 3.17. The minimum atomic E-state index is -0.0661. The SMILES string of the molecule is S=c1[nH]nc([C@@H]2CCCO2)n1/N=C\c1cc(Br)c2c(c1)OCO2. The third kappa shape index (κ3) is 2.79. The van der Waals surface area contributed by atoms with E-state index < -0.39 is 0 Å². The van der Waals surface area contributed by atoms with Crippen molar-refractivity contribution < 1.29 is 14.2 Å². The average molecular weight is 397 g/mol. The highest BCUT2D eigenvalue weighted by Gasteiger charge is 2.23. The Morgan fingerprint density at radius 3 is 3.17 bits per heavy atom. The lowest BCUT2D eigenvalue weighted by Gasteiger charge is -2.07. The van der Waals surface area contributed by atoms with Crippen molar-refractivity contribution in [2.45, 2.75) is 18.9 Å². The molecule has 2 aliphatic heterocycles. The molecule has 0 aliphatic carbocycles. The van der Waals surface area contributed by atoms with E-state index in [0.29, 0.717) is 22.1 Å². The largest absolute Gasteiger partial charge is 0.454 e. The zero-order valence-electron chi connectivity index (χ0n) is 12.0. The molecule has 0 saturated carbocycles. The van der Waals surface area contributed by atoms with E-state index in [1.54, 1.807) is 10.9 Å². The predicted molar refractivity (Wildman–Crippen MR) is 88.6 cm³/mol. The number of aromatic amines is 1. The summed E-state index contributed by atoms with van der Waals surface area (Å²) < 4.78 is 19.3. The molecule has 1 fully saturated rings. The van der Waals surface area contributed by atoms with Crippen molar-refractivity contribution in [3.05, 3.63) is 32.8 Å². The number of rotatable bonds is 3. The first-order chi connectivity index (χ1) is 11.2. The minimum absolute atomic E-state index is 0.0661. The first-order valence-corrected chi connectivity index (χ1v) is 8.35. The molecule has 4 rings (SSSR count). The van der Waals surface area contributed by atoms with Crippen molar-refractivity contribution >= 4 is 34.4 Å². The third-order valence-corrected chi connectivity index (χ3v) is 4.52. The molecule has 1 aromatic heterocycles. The second-order valence-corrected chi connectivity index (χ2v) is 6.42. The number of nitrogens with zero attached hydrogens (tertiary/aromatic N) is 3. The number of aromatic nitrogens is 3. The van der Waals surface area contributed by atoms with Crippen LogP contribution in [0, 0.1) is 4.77 Å². The second-order valence-electron chi connectivity index (χ2n) is 5.18. The van der Waals surface area contributed by atoms with E-state index in [9.17, 15) is 0 Å². The molecule has 1 aromatic carbocycles. The Bertz CT molecular complexity index is 826. The van der Waals surface area contributed by atoms with E-state index in [4.69, 9.17) is 26.4 Å². The van der Waals surface area contributed by atoms with Crippen molar-refractivity contribution in [1.29, 1.82) is 0 Å². The van der Waals surface area contributed by atoms with Crippen molar-refractivity contribution in [2.24, 2.45) is 5.10 Å². The van der Waals surface area contributed by atoms with Crippen molar-refractivity contribution in [3.8, 4) is 11.5 Å². The molecule has 0 radical (unpaired) electrons. The monoisotopic (exact) mass is 396 g/mol. The fraction of sp³-hybridized carbons (Fsp3) is 0.357. The van der Waals surface area contributed by atoms with Gasteiger partial charge < -0.3 is 14.2 Å². The number of halogens is 1. The highest BCUT2D eigenvalue weighted by molar-refractivity contribution is 9.10. The van der Waals surface area contributed by atoms with Crippen LogP contribution in [0.25, 0.3) is 0 Å². The van der Waals surface area contributed by atoms with Crippen LogP contribution in [0.4, 0.5) is 0 Å². The van der Waals surface area contributed by atoms with Crippen LogP contribution in [0.15, 0.2) is 21.7 Å². The van der Waals surface area contributed by atoms with Gasteiger partial charge in [0.05, 0.1) is 10.7 Å². The normalized spacial score (nSPS) is 19.8. The fourth-order valence-corrected chi connectivity index (χ4v) is 3.35. The number of ether oxygens (including phenoxy) is 3. The van der Waals surface area contributed by atoms with Gasteiger partial charge in [0.15, 0.2) is 17.3 Å². The van der Waals surface area contributed by atoms with Gasteiger partial charge in [0.2, 0.25) is 11.6 Å². The van der Waals surface area contributed by atoms with Crippen LogP contribution >= 0.6 is 28.1 Å². The van der Waals surface area contributed by atoms with Crippen molar-refractivity contribution in [3.63, 3.8) is 0 Å². The summed E-state index contributed by atoms with van der Waals surface area (Å²) in [4.78, 5) is 0. The summed E-state index contributed by atoms with van der Waals surface area (Å²) in [6.07, 6.45) is 3.58. The van der Waals surface area contributed by atoms with E-state index in [-0.39, 0.29) is 12.9 Å². The second kappa shape index (κ2) is 6.06. The van der Waals surface area contributed by atoms with E-state index in [1.807, 2.05) is 12.1 Å². The van der Waals surface area contributed by atoms with Crippen molar-refractivity contribution in [2.75, 3.05) is 13.4 Å². The lowest BCUT2D eigenvalue weighted by atomic mass is 10.2. The van der Waals surface area contributed by atoms with E-state index in [0.717, 1.165) is 29.5 Å². The Morgan fingerprint density at radius 1 is 1.43 bits per heavy atom. The Labute approximate surface area is 145 Å². The quantitative estimate of drug-likeness (QED) is 0.636. The highest BCUT2D eigenvalue weighted by Crippen LogP contribution is 2.39. The van der Waals surface area contributed by atoms with Gasteiger partial charge in [0.25, 0.3) is 0 Å². The van der Waals surface area contributed by atoms with Crippen LogP contribution in [0.1, 0.15) is 30.3 Å². The van der Waals surface area contributed by atoms with Gasteiger partial charge in [-0.3, -0.25) is 5.10 Å². The summed E-state index contributed by atoms with van der Waals surface area (Å²) in [5.41, 5.74) is 0.863. The molecule has 2 aliphatic rings. The summed E-state index contributed by atoms with van der Waals surface area (Å²) in [6.45, 7) is 0.966. The Balaban J connectivity index is 1.66. The average Bonchev–Trinajstić information content (AvgIpc) is 3.25. The van der Waals surface area contributed by atoms with Gasteiger partial charge in [-0.05, 0) is 58.7 Å². The number of H-pyrrole nitrogens is 1. The minimum Gasteiger partial charge on any atom is -0.454 e. The van der Waals surface area contributed by atoms with Crippen LogP contribution in [-0.2, 0) is 4.74 Å². The number of benzene rings is 1. The molecule has 23 heavy (non-hydrogen) atoms. The van der Waals surface area contributed by atoms with E-state index >= 15 is 0 Å². The van der Waals surface area contributed by atoms with Gasteiger partial charge in [-0.25, -0.2) is 0 Å². The molecule has 1 saturated heterocycles. The smallest absolute Gasteiger partial charge is 0.231 e. The Morgan fingerprint density at radius 2 is 2.35 bits per heavy atom. The van der Waals surface area contributed by atoms with Crippen LogP contribution in [0.5, 0.6) is 11.5 Å². The Kier molecular flexibility index (Phi) is 3.92. The molecule has 2 aromatic rings. The molecule has 0 bridgehead atoms. The first-order valence-electron chi connectivity index (χ1n) is 7.15. The molecule has 9 heteroatoms. The lowest BCUT2D eigenvalue weighted by molar-refractivity contribution is 0.102. The number of hydrogen-bond acceptors (Lipinski definition) is 6. The van der Waals surface area contributed by atoms with Gasteiger partial charge in [0.1, 0.15) is 6.10 Å². The standard InChI is InChI=1S/C14H13BrN4O3S/c15-9-4-8(5-11-12(9)22-7-21-11)6-16-19-13(17-18-14(19)23)10-2-1-3-20-10/h4-6,10H,1-3,7H2,(H,18,23)/b16-6-/t10-/m0/s1. The fourth-order valence-electron chi connectivity index (χ4n) is 2.59. The molecule has 1 atom stereocenters. The van der Waals surface area contributed by atoms with Crippen LogP contribution in [0.2, 0.25) is 0 Å². The van der Waals surface area contributed by atoms with Crippen LogP contribution < -0.4 is 9.47 Å². The van der Waals surface area contributed by atoms with Gasteiger partial charge in [-0.1, -0.05) is 0 Å². The molecule has 0 amide bonds. The van der Waals surface area contributed by atoms with Crippen LogP contribution in [0.3, 0.4) is 0 Å². The summed E-state index contributed by atoms with van der Waals surface area (Å²) in [6, 6.07) is 3.78. The van der Waals surface area contributed by atoms with E-state index in [1.165, 1.54) is 0 Å². The number of nitrogens with one attached hydrogen (secondary N) is 1. The zero-order chi connectivity index (χ0) is 15.8. The van der Waals surface area contributed by atoms with Crippen LogP contribution in [-0.4, -0.2) is 34.5 Å². The highest BCUT2D eigenvalue weighted by atomic mass is 79.9. The topological polar surface area (TPSA) is 73.7 Å². The third-order valence-electron chi connectivity index (χ3n) is 3.66. The maximum atomic E-state index is 5.66. The summed E-state index contributed by atoms with van der Waals surface area (Å²) >= 11 is 8.72. The number of hydrogen-bond donors (Lipinski definition) is 1. The molecule has 3 heterocycles. The zero-order valence-corrected chi connectivity index (χ0v) is 14.4. The summed E-state index contributed by atoms with van der Waals surface area (Å²) in [7, 11) is 0. The summed E-state index contributed by atoms with van der Waals surface area (Å²) in [5, 5.41) is 11.5. The van der Waals surface area contributed by atoms with Gasteiger partial charge in [-0.2, -0.15) is 14.9 Å². The maximum absolute atomic E-state index is 5.66. The van der Waals surface area contributed by atoms with Gasteiger partial charge in [0, 0.05) is 6.61 Å².